The molecule has 2 heterocycles. The number of rotatable bonds is 4. The highest BCUT2D eigenvalue weighted by atomic mass is 16.3. The molecule has 26 heavy (non-hydrogen) atoms. The zero-order valence-electron chi connectivity index (χ0n) is 15.4. The minimum absolute atomic E-state index is 0.0372. The van der Waals surface area contributed by atoms with Crippen LogP contribution in [0, 0.1) is 5.41 Å². The van der Waals surface area contributed by atoms with E-state index in [0.29, 0.717) is 0 Å². The van der Waals surface area contributed by atoms with Crippen molar-refractivity contribution in [2.24, 2.45) is 5.41 Å². The standard InChI is InChI=1S/C22H28N2O2/c25-17-22(16-23-11-3-4-12-23)9-13-24(14-10-22)21(26)20-8-7-18-5-1-2-6-19(18)15-20/h1-2,5-8,15,25H,3-4,9-14,16-17H2. The number of amides is 1. The maximum absolute atomic E-state index is 12.9. The molecule has 0 unspecified atom stereocenters. The molecular weight excluding hydrogens is 324 g/mol. The highest BCUT2D eigenvalue weighted by Crippen LogP contribution is 2.33. The minimum Gasteiger partial charge on any atom is -0.396 e. The normalized spacial score (nSPS) is 20.6. The lowest BCUT2D eigenvalue weighted by atomic mass is 9.78. The van der Waals surface area contributed by atoms with Crippen molar-refractivity contribution >= 4 is 16.7 Å². The Morgan fingerprint density at radius 3 is 2.35 bits per heavy atom. The zero-order valence-corrected chi connectivity index (χ0v) is 15.4. The van der Waals surface area contributed by atoms with Gasteiger partial charge >= 0.3 is 0 Å². The molecule has 0 atom stereocenters. The first-order valence-electron chi connectivity index (χ1n) is 9.80. The Labute approximate surface area is 155 Å². The Morgan fingerprint density at radius 1 is 0.962 bits per heavy atom. The van der Waals surface area contributed by atoms with Crippen LogP contribution in [-0.2, 0) is 0 Å². The average molecular weight is 352 g/mol. The quantitative estimate of drug-likeness (QED) is 0.919. The van der Waals surface area contributed by atoms with Crippen LogP contribution in [0.15, 0.2) is 42.5 Å². The molecular formula is C22H28N2O2. The minimum atomic E-state index is -0.0372. The smallest absolute Gasteiger partial charge is 0.253 e. The third-order valence-electron chi connectivity index (χ3n) is 6.20. The number of hydrogen-bond acceptors (Lipinski definition) is 3. The summed E-state index contributed by atoms with van der Waals surface area (Å²) in [6, 6.07) is 14.1. The monoisotopic (exact) mass is 352 g/mol. The molecule has 2 aliphatic rings. The van der Waals surface area contributed by atoms with Crippen LogP contribution in [0.1, 0.15) is 36.0 Å². The van der Waals surface area contributed by atoms with Gasteiger partial charge in [0.15, 0.2) is 0 Å². The van der Waals surface area contributed by atoms with Crippen LogP contribution < -0.4 is 0 Å². The van der Waals surface area contributed by atoms with Crippen molar-refractivity contribution in [2.45, 2.75) is 25.7 Å². The van der Waals surface area contributed by atoms with Gasteiger partial charge in [-0.3, -0.25) is 4.79 Å². The fraction of sp³-hybridized carbons (Fsp3) is 0.500. The number of piperidine rings is 1. The fourth-order valence-corrected chi connectivity index (χ4v) is 4.47. The van der Waals surface area contributed by atoms with Gasteiger partial charge in [-0.1, -0.05) is 30.3 Å². The van der Waals surface area contributed by atoms with Crippen molar-refractivity contribution in [3.63, 3.8) is 0 Å². The van der Waals surface area contributed by atoms with Gasteiger partial charge in [-0.05, 0) is 61.7 Å². The average Bonchev–Trinajstić information content (AvgIpc) is 3.20. The number of nitrogens with zero attached hydrogens (tertiary/aromatic N) is 2. The highest BCUT2D eigenvalue weighted by molar-refractivity contribution is 5.98. The van der Waals surface area contributed by atoms with Crippen LogP contribution in [-0.4, -0.2) is 60.1 Å². The number of carbonyl (C=O) groups excluding carboxylic acids is 1. The lowest BCUT2D eigenvalue weighted by Gasteiger charge is -2.42. The molecule has 0 aliphatic carbocycles. The summed E-state index contributed by atoms with van der Waals surface area (Å²) >= 11 is 0. The van der Waals surface area contributed by atoms with E-state index in [2.05, 4.69) is 17.0 Å². The first kappa shape index (κ1) is 17.5. The summed E-state index contributed by atoms with van der Waals surface area (Å²) < 4.78 is 0. The summed E-state index contributed by atoms with van der Waals surface area (Å²) in [5, 5.41) is 12.3. The Hall–Kier alpha value is -1.91. The van der Waals surface area contributed by atoms with E-state index < -0.39 is 0 Å². The van der Waals surface area contributed by atoms with Gasteiger partial charge in [0, 0.05) is 30.6 Å². The molecule has 138 valence electrons. The number of likely N-dealkylation sites (tertiary alicyclic amines) is 2. The second-order valence-electron chi connectivity index (χ2n) is 8.00. The third-order valence-corrected chi connectivity index (χ3v) is 6.20. The molecule has 4 heteroatoms. The summed E-state index contributed by atoms with van der Waals surface area (Å²) in [5.74, 6) is 0.114. The lowest BCUT2D eigenvalue weighted by Crippen LogP contribution is -2.49. The molecule has 0 saturated carbocycles. The second kappa shape index (κ2) is 7.37. The molecule has 1 amide bonds. The first-order valence-corrected chi connectivity index (χ1v) is 9.80. The Morgan fingerprint density at radius 2 is 1.65 bits per heavy atom. The van der Waals surface area contributed by atoms with Crippen molar-refractivity contribution in [1.29, 1.82) is 0 Å². The van der Waals surface area contributed by atoms with Gasteiger partial charge in [0.1, 0.15) is 0 Å². The molecule has 0 radical (unpaired) electrons. The van der Waals surface area contributed by atoms with Crippen molar-refractivity contribution in [3.8, 4) is 0 Å². The van der Waals surface area contributed by atoms with E-state index in [1.165, 1.54) is 12.8 Å². The molecule has 2 saturated heterocycles. The Balaban J connectivity index is 1.43. The lowest BCUT2D eigenvalue weighted by molar-refractivity contribution is 0.0179. The van der Waals surface area contributed by atoms with Gasteiger partial charge < -0.3 is 14.9 Å². The Bertz CT molecular complexity index is 775. The SMILES string of the molecule is O=C(c1ccc2ccccc2c1)N1CCC(CO)(CN2CCCC2)CC1. The van der Waals surface area contributed by atoms with Crippen LogP contribution in [0.2, 0.25) is 0 Å². The summed E-state index contributed by atoms with van der Waals surface area (Å²) in [6.07, 6.45) is 4.32. The number of fused-ring (bicyclic) bond motifs is 1. The maximum atomic E-state index is 12.9. The van der Waals surface area contributed by atoms with Crippen LogP contribution in [0.3, 0.4) is 0 Å². The third kappa shape index (κ3) is 3.49. The molecule has 2 aliphatic heterocycles. The zero-order chi connectivity index (χ0) is 18.0. The van der Waals surface area contributed by atoms with Crippen molar-refractivity contribution < 1.29 is 9.90 Å². The van der Waals surface area contributed by atoms with Crippen molar-refractivity contribution in [3.05, 3.63) is 48.0 Å². The van der Waals surface area contributed by atoms with Crippen LogP contribution >= 0.6 is 0 Å². The van der Waals surface area contributed by atoms with Crippen LogP contribution in [0.25, 0.3) is 10.8 Å². The molecule has 0 bridgehead atoms. The van der Waals surface area contributed by atoms with E-state index in [-0.39, 0.29) is 17.9 Å². The maximum Gasteiger partial charge on any atom is 0.253 e. The molecule has 0 spiro atoms. The number of carbonyl (C=O) groups is 1. The predicted molar refractivity (Wildman–Crippen MR) is 104 cm³/mol. The molecule has 2 aromatic rings. The van der Waals surface area contributed by atoms with Gasteiger partial charge in [0.25, 0.3) is 5.91 Å². The van der Waals surface area contributed by atoms with Crippen molar-refractivity contribution in [1.82, 2.24) is 9.80 Å². The summed E-state index contributed by atoms with van der Waals surface area (Å²) in [5.41, 5.74) is 0.726. The van der Waals surface area contributed by atoms with Gasteiger partial charge in [-0.2, -0.15) is 0 Å². The van der Waals surface area contributed by atoms with E-state index in [1.807, 2.05) is 35.2 Å². The fourth-order valence-electron chi connectivity index (χ4n) is 4.47. The van der Waals surface area contributed by atoms with Gasteiger partial charge in [-0.15, -0.1) is 0 Å². The number of benzene rings is 2. The molecule has 1 N–H and O–H groups in total. The van der Waals surface area contributed by atoms with E-state index in [4.69, 9.17) is 0 Å². The van der Waals surface area contributed by atoms with Gasteiger partial charge in [-0.25, -0.2) is 0 Å². The Kier molecular flexibility index (Phi) is 4.96. The molecule has 4 nitrogen and oxygen atoms in total. The first-order chi connectivity index (χ1) is 12.7. The molecule has 4 rings (SSSR count). The molecule has 2 fully saturated rings. The van der Waals surface area contributed by atoms with Crippen molar-refractivity contribution in [2.75, 3.05) is 39.3 Å². The summed E-state index contributed by atoms with van der Waals surface area (Å²) in [7, 11) is 0. The van der Waals surface area contributed by atoms with E-state index in [9.17, 15) is 9.90 Å². The van der Waals surface area contributed by atoms with Gasteiger partial charge in [0.05, 0.1) is 6.61 Å². The largest absolute Gasteiger partial charge is 0.396 e. The molecule has 0 aromatic heterocycles. The summed E-state index contributed by atoms with van der Waals surface area (Å²) in [4.78, 5) is 17.4. The topological polar surface area (TPSA) is 43.8 Å². The number of aliphatic hydroxyl groups is 1. The van der Waals surface area contributed by atoms with Gasteiger partial charge in [0.2, 0.25) is 0 Å². The second-order valence-corrected chi connectivity index (χ2v) is 8.00. The van der Waals surface area contributed by atoms with E-state index >= 15 is 0 Å². The predicted octanol–water partition coefficient (Wildman–Crippen LogP) is 3.15. The van der Waals surface area contributed by atoms with E-state index in [1.54, 1.807) is 0 Å². The van der Waals surface area contributed by atoms with Crippen LogP contribution in [0.4, 0.5) is 0 Å². The van der Waals surface area contributed by atoms with E-state index in [0.717, 1.165) is 61.9 Å². The number of hydrogen-bond donors (Lipinski definition) is 1. The molecule has 2 aromatic carbocycles. The highest BCUT2D eigenvalue weighted by Gasteiger charge is 2.37. The number of aliphatic hydroxyl groups excluding tert-OH is 1. The van der Waals surface area contributed by atoms with Crippen LogP contribution in [0.5, 0.6) is 0 Å². The summed E-state index contributed by atoms with van der Waals surface area (Å²) in [6.45, 7) is 4.98.